The first kappa shape index (κ1) is 22.7. The van der Waals surface area contributed by atoms with Gasteiger partial charge in [-0.1, -0.05) is 83.9 Å². The van der Waals surface area contributed by atoms with E-state index in [1.807, 2.05) is 36.4 Å². The fourth-order valence-corrected chi connectivity index (χ4v) is 5.09. The zero-order valence-corrected chi connectivity index (χ0v) is 19.8. The molecule has 0 saturated carbocycles. The van der Waals surface area contributed by atoms with Crippen LogP contribution in [0.4, 0.5) is 0 Å². The highest BCUT2D eigenvalue weighted by molar-refractivity contribution is 6.38. The van der Waals surface area contributed by atoms with Crippen LogP contribution >= 0.6 is 23.2 Å². The first-order chi connectivity index (χ1) is 16.5. The predicted octanol–water partition coefficient (Wildman–Crippen LogP) is 5.65. The molecule has 1 amide bonds. The molecular weight excluding hydrogens is 471 g/mol. The summed E-state index contributed by atoms with van der Waals surface area (Å²) in [6, 6.07) is 25.5. The summed E-state index contributed by atoms with van der Waals surface area (Å²) in [6.45, 7) is 2.36. The number of amides is 1. The summed E-state index contributed by atoms with van der Waals surface area (Å²) >= 11 is 12.2. The Bertz CT molecular complexity index is 1340. The van der Waals surface area contributed by atoms with E-state index in [4.69, 9.17) is 27.6 Å². The second-order valence-electron chi connectivity index (χ2n) is 8.31. The number of piperazine rings is 1. The summed E-state index contributed by atoms with van der Waals surface area (Å²) in [5.74, 6) is -0.345. The van der Waals surface area contributed by atoms with Crippen molar-refractivity contribution in [3.63, 3.8) is 0 Å². The third kappa shape index (κ3) is 4.47. The van der Waals surface area contributed by atoms with Gasteiger partial charge >= 0.3 is 5.63 Å². The molecule has 0 unspecified atom stereocenters. The molecule has 0 radical (unpaired) electrons. The second kappa shape index (κ2) is 9.63. The van der Waals surface area contributed by atoms with Crippen molar-refractivity contribution in [2.75, 3.05) is 26.2 Å². The third-order valence-electron chi connectivity index (χ3n) is 6.18. The Labute approximate surface area is 207 Å². The van der Waals surface area contributed by atoms with Crippen molar-refractivity contribution in [3.8, 4) is 0 Å². The highest BCUT2D eigenvalue weighted by atomic mass is 35.5. The molecule has 34 heavy (non-hydrogen) atoms. The Morgan fingerprint density at radius 2 is 1.41 bits per heavy atom. The Morgan fingerprint density at radius 3 is 2.00 bits per heavy atom. The van der Waals surface area contributed by atoms with E-state index in [2.05, 4.69) is 29.2 Å². The number of fused-ring (bicyclic) bond motifs is 1. The molecule has 1 fully saturated rings. The maximum Gasteiger partial charge on any atom is 0.349 e. The van der Waals surface area contributed by atoms with Crippen LogP contribution in [0.1, 0.15) is 27.5 Å². The lowest BCUT2D eigenvalue weighted by molar-refractivity contribution is 0.0593. The molecule has 2 heterocycles. The molecule has 0 N–H and O–H groups in total. The standard InChI is InChI=1S/C27H22Cl2N2O3/c28-21-15-20-16-22(27(33)34-25(20)23(29)17-21)26(32)31-13-11-30(12-14-31)24(18-7-3-1-4-8-18)19-9-5-2-6-10-19/h1-10,15-17,24H,11-14H2. The molecular formula is C27H22Cl2N2O3. The molecule has 172 valence electrons. The van der Waals surface area contributed by atoms with Crippen LogP contribution in [-0.2, 0) is 0 Å². The van der Waals surface area contributed by atoms with E-state index in [9.17, 15) is 9.59 Å². The SMILES string of the molecule is O=C(c1cc2cc(Cl)cc(Cl)c2oc1=O)N1CCN(C(c2ccccc2)c2ccccc2)CC1. The topological polar surface area (TPSA) is 53.8 Å². The highest BCUT2D eigenvalue weighted by Crippen LogP contribution is 2.30. The van der Waals surface area contributed by atoms with Crippen molar-refractivity contribution < 1.29 is 9.21 Å². The zero-order valence-electron chi connectivity index (χ0n) is 18.3. The number of hydrogen-bond acceptors (Lipinski definition) is 4. The van der Waals surface area contributed by atoms with Gasteiger partial charge in [0.2, 0.25) is 0 Å². The van der Waals surface area contributed by atoms with E-state index in [-0.39, 0.29) is 28.1 Å². The van der Waals surface area contributed by atoms with Gasteiger partial charge in [0.25, 0.3) is 5.91 Å². The molecule has 0 spiro atoms. The van der Waals surface area contributed by atoms with Crippen LogP contribution in [0.5, 0.6) is 0 Å². The van der Waals surface area contributed by atoms with Gasteiger partial charge in [-0.25, -0.2) is 4.79 Å². The first-order valence-corrected chi connectivity index (χ1v) is 11.8. The fraction of sp³-hybridized carbons (Fsp3) is 0.185. The second-order valence-corrected chi connectivity index (χ2v) is 9.15. The Morgan fingerprint density at radius 1 is 0.824 bits per heavy atom. The summed E-state index contributed by atoms with van der Waals surface area (Å²) in [5.41, 5.74) is 1.93. The minimum atomic E-state index is -0.699. The average Bonchev–Trinajstić information content (AvgIpc) is 2.86. The van der Waals surface area contributed by atoms with E-state index < -0.39 is 5.63 Å². The molecule has 0 aliphatic carbocycles. The van der Waals surface area contributed by atoms with Crippen LogP contribution in [0.2, 0.25) is 10.0 Å². The van der Waals surface area contributed by atoms with Crippen molar-refractivity contribution in [2.24, 2.45) is 0 Å². The van der Waals surface area contributed by atoms with Gasteiger partial charge in [-0.05, 0) is 29.3 Å². The molecule has 5 rings (SSSR count). The van der Waals surface area contributed by atoms with Crippen LogP contribution in [0, 0.1) is 0 Å². The van der Waals surface area contributed by atoms with Gasteiger partial charge in [0.1, 0.15) is 5.56 Å². The van der Waals surface area contributed by atoms with Crippen molar-refractivity contribution in [3.05, 3.63) is 116 Å². The molecule has 1 saturated heterocycles. The van der Waals surface area contributed by atoms with E-state index in [1.54, 1.807) is 11.0 Å². The molecule has 5 nitrogen and oxygen atoms in total. The number of rotatable bonds is 4. The summed E-state index contributed by atoms with van der Waals surface area (Å²) in [4.78, 5) is 29.9. The molecule has 7 heteroatoms. The number of halogens is 2. The molecule has 4 aromatic rings. The van der Waals surface area contributed by atoms with Gasteiger partial charge in [-0.2, -0.15) is 0 Å². The van der Waals surface area contributed by atoms with Gasteiger partial charge in [0.05, 0.1) is 11.1 Å². The summed E-state index contributed by atoms with van der Waals surface area (Å²) in [7, 11) is 0. The van der Waals surface area contributed by atoms with Crippen LogP contribution < -0.4 is 5.63 Å². The first-order valence-electron chi connectivity index (χ1n) is 11.1. The van der Waals surface area contributed by atoms with E-state index >= 15 is 0 Å². The maximum atomic E-state index is 13.2. The van der Waals surface area contributed by atoms with Crippen molar-refractivity contribution in [2.45, 2.75) is 6.04 Å². The number of carbonyl (C=O) groups excluding carboxylic acids is 1. The van der Waals surface area contributed by atoms with Crippen molar-refractivity contribution >= 4 is 40.1 Å². The lowest BCUT2D eigenvalue weighted by Gasteiger charge is -2.39. The summed E-state index contributed by atoms with van der Waals surface area (Å²) < 4.78 is 5.36. The van der Waals surface area contributed by atoms with Crippen LogP contribution in [0.25, 0.3) is 11.0 Å². The van der Waals surface area contributed by atoms with Gasteiger partial charge < -0.3 is 9.32 Å². The number of carbonyl (C=O) groups is 1. The minimum absolute atomic E-state index is 0.0121. The van der Waals surface area contributed by atoms with Gasteiger partial charge in [-0.15, -0.1) is 0 Å². The van der Waals surface area contributed by atoms with E-state index in [1.165, 1.54) is 23.3 Å². The molecule has 1 aromatic heterocycles. The smallest absolute Gasteiger partial charge is 0.349 e. The van der Waals surface area contributed by atoms with E-state index in [0.29, 0.717) is 36.6 Å². The zero-order chi connectivity index (χ0) is 23.7. The molecule has 3 aromatic carbocycles. The monoisotopic (exact) mass is 492 g/mol. The molecule has 0 bridgehead atoms. The maximum absolute atomic E-state index is 13.2. The Hall–Kier alpha value is -3.12. The van der Waals surface area contributed by atoms with E-state index in [0.717, 1.165) is 0 Å². The fourth-order valence-electron chi connectivity index (χ4n) is 4.54. The summed E-state index contributed by atoms with van der Waals surface area (Å²) in [6.07, 6.45) is 0. The molecule has 1 aliphatic rings. The largest absolute Gasteiger partial charge is 0.421 e. The Balaban J connectivity index is 1.38. The van der Waals surface area contributed by atoms with Gasteiger partial charge in [0, 0.05) is 36.6 Å². The lowest BCUT2D eigenvalue weighted by Crippen LogP contribution is -2.50. The van der Waals surface area contributed by atoms with Gasteiger partial charge in [0.15, 0.2) is 5.58 Å². The van der Waals surface area contributed by atoms with Crippen molar-refractivity contribution in [1.29, 1.82) is 0 Å². The summed E-state index contributed by atoms with van der Waals surface area (Å²) in [5, 5.41) is 1.17. The predicted molar refractivity (Wildman–Crippen MR) is 135 cm³/mol. The Kier molecular flexibility index (Phi) is 6.42. The van der Waals surface area contributed by atoms with Crippen LogP contribution in [0.3, 0.4) is 0 Å². The average molecular weight is 493 g/mol. The quantitative estimate of drug-likeness (QED) is 0.345. The normalized spacial score (nSPS) is 14.6. The number of nitrogens with zero attached hydrogens (tertiary/aromatic N) is 2. The molecule has 0 atom stereocenters. The van der Waals surface area contributed by atoms with Gasteiger partial charge in [-0.3, -0.25) is 9.69 Å². The third-order valence-corrected chi connectivity index (χ3v) is 6.68. The van der Waals surface area contributed by atoms with Crippen LogP contribution in [-0.4, -0.2) is 41.9 Å². The highest BCUT2D eigenvalue weighted by Gasteiger charge is 2.30. The molecule has 1 aliphatic heterocycles. The number of hydrogen-bond donors (Lipinski definition) is 0. The van der Waals surface area contributed by atoms with Crippen molar-refractivity contribution in [1.82, 2.24) is 9.80 Å². The minimum Gasteiger partial charge on any atom is -0.421 e. The van der Waals surface area contributed by atoms with Crippen LogP contribution in [0.15, 0.2) is 88.1 Å². The lowest BCUT2D eigenvalue weighted by atomic mass is 9.96. The number of benzene rings is 3.